The summed E-state index contributed by atoms with van der Waals surface area (Å²) in [7, 11) is 1.90. The number of pyridine rings is 1. The molecule has 0 saturated carbocycles. The molecule has 0 aromatic carbocycles. The van der Waals surface area contributed by atoms with Gasteiger partial charge in [0.05, 0.1) is 5.69 Å². The Morgan fingerprint density at radius 3 is 2.95 bits per heavy atom. The van der Waals surface area contributed by atoms with Gasteiger partial charge in [0.25, 0.3) is 0 Å². The molecule has 2 aromatic heterocycles. The van der Waals surface area contributed by atoms with Crippen LogP contribution in [-0.2, 0) is 20.1 Å². The molecule has 0 saturated heterocycles. The molecule has 100 valence electrons. The lowest BCUT2D eigenvalue weighted by Gasteiger charge is -2.06. The zero-order chi connectivity index (χ0) is 13.7. The van der Waals surface area contributed by atoms with Gasteiger partial charge in [-0.25, -0.2) is 0 Å². The Kier molecular flexibility index (Phi) is 4.09. The molecule has 0 spiro atoms. The van der Waals surface area contributed by atoms with Crippen molar-refractivity contribution in [2.24, 2.45) is 17.9 Å². The highest BCUT2D eigenvalue weighted by molar-refractivity contribution is 5.95. The fraction of sp³-hybridized carbons (Fsp3) is 0.250. The van der Waals surface area contributed by atoms with Gasteiger partial charge in [-0.1, -0.05) is 5.16 Å². The van der Waals surface area contributed by atoms with Crippen molar-refractivity contribution in [2.75, 3.05) is 0 Å². The van der Waals surface area contributed by atoms with E-state index >= 15 is 0 Å². The fourth-order valence-corrected chi connectivity index (χ4v) is 1.69. The number of nitrogens with zero attached hydrogens (tertiary/aromatic N) is 4. The predicted octanol–water partition coefficient (Wildman–Crippen LogP) is 0.199. The third kappa shape index (κ3) is 3.29. The minimum absolute atomic E-state index is 0.00786. The second kappa shape index (κ2) is 5.96. The zero-order valence-corrected chi connectivity index (χ0v) is 10.6. The lowest BCUT2D eigenvalue weighted by atomic mass is 10.2. The van der Waals surface area contributed by atoms with Crippen LogP contribution < -0.4 is 11.1 Å². The van der Waals surface area contributed by atoms with E-state index < -0.39 is 0 Å². The SMILES string of the molecule is Cn1nccc1CNCc1ccnc(C(N)=NO)c1. The van der Waals surface area contributed by atoms with E-state index in [9.17, 15) is 0 Å². The van der Waals surface area contributed by atoms with E-state index in [1.54, 1.807) is 18.5 Å². The minimum Gasteiger partial charge on any atom is -0.409 e. The number of oxime groups is 1. The molecule has 0 unspecified atom stereocenters. The highest BCUT2D eigenvalue weighted by Gasteiger charge is 2.03. The summed E-state index contributed by atoms with van der Waals surface area (Å²) in [6, 6.07) is 5.62. The average molecular weight is 260 g/mol. The summed E-state index contributed by atoms with van der Waals surface area (Å²) < 4.78 is 1.82. The van der Waals surface area contributed by atoms with Crippen molar-refractivity contribution >= 4 is 5.84 Å². The maximum Gasteiger partial charge on any atom is 0.188 e. The van der Waals surface area contributed by atoms with Crippen LogP contribution in [0.25, 0.3) is 0 Å². The second-order valence-corrected chi connectivity index (χ2v) is 4.08. The van der Waals surface area contributed by atoms with E-state index in [1.165, 1.54) is 0 Å². The Balaban J connectivity index is 1.95. The Hall–Kier alpha value is -2.41. The van der Waals surface area contributed by atoms with Gasteiger partial charge in [0.2, 0.25) is 0 Å². The summed E-state index contributed by atoms with van der Waals surface area (Å²) in [5.41, 5.74) is 8.07. The van der Waals surface area contributed by atoms with Crippen molar-refractivity contribution in [1.82, 2.24) is 20.1 Å². The molecule has 4 N–H and O–H groups in total. The van der Waals surface area contributed by atoms with E-state index in [-0.39, 0.29) is 5.84 Å². The van der Waals surface area contributed by atoms with Crippen LogP contribution in [0, 0.1) is 0 Å². The molecule has 0 aliphatic heterocycles. The van der Waals surface area contributed by atoms with Crippen LogP contribution >= 0.6 is 0 Å². The lowest BCUT2D eigenvalue weighted by molar-refractivity contribution is 0.318. The number of nitrogens with one attached hydrogen (secondary N) is 1. The molecule has 0 bridgehead atoms. The van der Waals surface area contributed by atoms with Gasteiger partial charge in [0.1, 0.15) is 5.69 Å². The number of aromatic nitrogens is 3. The third-order valence-electron chi connectivity index (χ3n) is 2.75. The van der Waals surface area contributed by atoms with Crippen molar-refractivity contribution < 1.29 is 5.21 Å². The molecule has 2 rings (SSSR count). The van der Waals surface area contributed by atoms with E-state index in [1.807, 2.05) is 23.9 Å². The van der Waals surface area contributed by atoms with Crippen LogP contribution in [-0.4, -0.2) is 25.8 Å². The minimum atomic E-state index is 0.00786. The Morgan fingerprint density at radius 1 is 1.42 bits per heavy atom. The van der Waals surface area contributed by atoms with Crippen LogP contribution in [0.5, 0.6) is 0 Å². The van der Waals surface area contributed by atoms with Crippen LogP contribution in [0.4, 0.5) is 0 Å². The molecule has 19 heavy (non-hydrogen) atoms. The van der Waals surface area contributed by atoms with E-state index in [2.05, 4.69) is 20.6 Å². The first-order chi connectivity index (χ1) is 9.20. The quantitative estimate of drug-likeness (QED) is 0.308. The standard InChI is InChI=1S/C12H16N6O/c1-18-10(3-5-16-18)8-14-7-9-2-4-15-11(6-9)12(13)17-19/h2-6,14,19H,7-8H2,1H3,(H2,13,17). The van der Waals surface area contributed by atoms with E-state index in [0.717, 1.165) is 17.8 Å². The van der Waals surface area contributed by atoms with Crippen LogP contribution in [0.2, 0.25) is 0 Å². The maximum atomic E-state index is 8.61. The van der Waals surface area contributed by atoms with Gasteiger partial charge in [-0.15, -0.1) is 0 Å². The van der Waals surface area contributed by atoms with Gasteiger partial charge in [0.15, 0.2) is 5.84 Å². The maximum absolute atomic E-state index is 8.61. The normalized spacial score (nSPS) is 11.7. The monoisotopic (exact) mass is 260 g/mol. The van der Waals surface area contributed by atoms with Crippen molar-refractivity contribution in [3.8, 4) is 0 Å². The summed E-state index contributed by atoms with van der Waals surface area (Å²) in [6.45, 7) is 1.39. The summed E-state index contributed by atoms with van der Waals surface area (Å²) in [4.78, 5) is 4.02. The Bertz CT molecular complexity index is 577. The molecule has 2 heterocycles. The number of rotatable bonds is 5. The lowest BCUT2D eigenvalue weighted by Crippen LogP contribution is -2.18. The molecular formula is C12H16N6O. The number of nitrogens with two attached hydrogens (primary N) is 1. The largest absolute Gasteiger partial charge is 0.409 e. The first-order valence-electron chi connectivity index (χ1n) is 5.81. The first kappa shape index (κ1) is 13.0. The highest BCUT2D eigenvalue weighted by atomic mass is 16.4. The highest BCUT2D eigenvalue weighted by Crippen LogP contribution is 2.02. The molecule has 7 heteroatoms. The second-order valence-electron chi connectivity index (χ2n) is 4.08. The molecule has 7 nitrogen and oxygen atoms in total. The van der Waals surface area contributed by atoms with Crippen molar-refractivity contribution in [3.05, 3.63) is 47.5 Å². The van der Waals surface area contributed by atoms with Gasteiger partial charge >= 0.3 is 0 Å². The molecular weight excluding hydrogens is 244 g/mol. The Morgan fingerprint density at radius 2 is 2.26 bits per heavy atom. The first-order valence-corrected chi connectivity index (χ1v) is 5.81. The predicted molar refractivity (Wildman–Crippen MR) is 70.5 cm³/mol. The van der Waals surface area contributed by atoms with Gasteiger partial charge in [-0.3, -0.25) is 9.67 Å². The molecule has 0 radical (unpaired) electrons. The molecule has 0 amide bonds. The molecule has 0 fully saturated rings. The average Bonchev–Trinajstić information content (AvgIpc) is 2.84. The van der Waals surface area contributed by atoms with Gasteiger partial charge < -0.3 is 16.3 Å². The van der Waals surface area contributed by atoms with E-state index in [4.69, 9.17) is 10.9 Å². The smallest absolute Gasteiger partial charge is 0.188 e. The molecule has 2 aromatic rings. The third-order valence-corrected chi connectivity index (χ3v) is 2.75. The topological polar surface area (TPSA) is 101 Å². The Labute approximate surface area is 110 Å². The van der Waals surface area contributed by atoms with Crippen molar-refractivity contribution in [3.63, 3.8) is 0 Å². The summed E-state index contributed by atoms with van der Waals surface area (Å²) in [6.07, 6.45) is 3.40. The molecule has 0 aliphatic carbocycles. The molecule has 0 aliphatic rings. The van der Waals surface area contributed by atoms with Gasteiger partial charge in [0, 0.05) is 32.5 Å². The number of hydrogen-bond acceptors (Lipinski definition) is 5. The van der Waals surface area contributed by atoms with Crippen molar-refractivity contribution in [2.45, 2.75) is 13.1 Å². The summed E-state index contributed by atoms with van der Waals surface area (Å²) in [5.74, 6) is 0.00786. The van der Waals surface area contributed by atoms with Crippen LogP contribution in [0.3, 0.4) is 0 Å². The number of hydrogen-bond donors (Lipinski definition) is 3. The van der Waals surface area contributed by atoms with Gasteiger partial charge in [-0.05, 0) is 23.8 Å². The van der Waals surface area contributed by atoms with Crippen molar-refractivity contribution in [1.29, 1.82) is 0 Å². The summed E-state index contributed by atoms with van der Waals surface area (Å²) >= 11 is 0. The van der Waals surface area contributed by atoms with Crippen LogP contribution in [0.1, 0.15) is 17.0 Å². The number of amidine groups is 1. The van der Waals surface area contributed by atoms with E-state index in [0.29, 0.717) is 12.2 Å². The fourth-order valence-electron chi connectivity index (χ4n) is 1.69. The van der Waals surface area contributed by atoms with Crippen LogP contribution in [0.15, 0.2) is 35.7 Å². The van der Waals surface area contributed by atoms with Gasteiger partial charge in [-0.2, -0.15) is 5.10 Å². The molecule has 0 atom stereocenters. The zero-order valence-electron chi connectivity index (χ0n) is 10.6. The number of aryl methyl sites for hydroxylation is 1. The summed E-state index contributed by atoms with van der Waals surface area (Å²) in [5, 5.41) is 18.9.